The van der Waals surface area contributed by atoms with E-state index in [0.29, 0.717) is 11.7 Å². The minimum Gasteiger partial charge on any atom is -0.404 e. The predicted molar refractivity (Wildman–Crippen MR) is 61.7 cm³/mol. The quantitative estimate of drug-likeness (QED) is 0.790. The SMILES string of the molecule is CCNc1cc(Oc2ncn(C)n2)nc(N)n1. The van der Waals surface area contributed by atoms with Gasteiger partial charge in [-0.05, 0) is 6.92 Å². The molecule has 0 aliphatic carbocycles. The molecule has 0 bridgehead atoms. The van der Waals surface area contributed by atoms with Gasteiger partial charge >= 0.3 is 6.01 Å². The number of nitrogens with two attached hydrogens (primary N) is 1. The maximum Gasteiger partial charge on any atom is 0.342 e. The van der Waals surface area contributed by atoms with E-state index >= 15 is 0 Å². The summed E-state index contributed by atoms with van der Waals surface area (Å²) in [5, 5.41) is 7.00. The van der Waals surface area contributed by atoms with E-state index in [9.17, 15) is 0 Å². The van der Waals surface area contributed by atoms with Crippen molar-refractivity contribution in [1.82, 2.24) is 24.7 Å². The molecule has 3 N–H and O–H groups in total. The zero-order valence-corrected chi connectivity index (χ0v) is 9.58. The molecule has 2 rings (SSSR count). The number of hydrogen-bond acceptors (Lipinski definition) is 7. The number of nitrogens with zero attached hydrogens (tertiary/aromatic N) is 5. The highest BCUT2D eigenvalue weighted by molar-refractivity contribution is 5.43. The first kappa shape index (κ1) is 11.1. The second kappa shape index (κ2) is 4.64. The van der Waals surface area contributed by atoms with Gasteiger partial charge in [0.2, 0.25) is 11.8 Å². The van der Waals surface area contributed by atoms with E-state index in [0.717, 1.165) is 6.54 Å². The Balaban J connectivity index is 2.20. The van der Waals surface area contributed by atoms with Crippen LogP contribution in [-0.4, -0.2) is 31.3 Å². The van der Waals surface area contributed by atoms with E-state index in [1.807, 2.05) is 6.92 Å². The number of aromatic nitrogens is 5. The lowest BCUT2D eigenvalue weighted by Gasteiger charge is -2.05. The van der Waals surface area contributed by atoms with Crippen LogP contribution in [0.3, 0.4) is 0 Å². The molecular weight excluding hydrogens is 222 g/mol. The van der Waals surface area contributed by atoms with E-state index in [4.69, 9.17) is 10.5 Å². The largest absolute Gasteiger partial charge is 0.404 e. The second-order valence-electron chi connectivity index (χ2n) is 3.28. The Morgan fingerprint density at radius 3 is 2.94 bits per heavy atom. The summed E-state index contributed by atoms with van der Waals surface area (Å²) in [4.78, 5) is 11.9. The fourth-order valence-corrected chi connectivity index (χ4v) is 1.23. The summed E-state index contributed by atoms with van der Waals surface area (Å²) >= 11 is 0. The summed E-state index contributed by atoms with van der Waals surface area (Å²) < 4.78 is 6.89. The fraction of sp³-hybridized carbons (Fsp3) is 0.333. The van der Waals surface area contributed by atoms with Crippen LogP contribution in [0.15, 0.2) is 12.4 Å². The van der Waals surface area contributed by atoms with Crippen LogP contribution in [0.25, 0.3) is 0 Å². The minimum atomic E-state index is 0.134. The Hall–Kier alpha value is -2.38. The van der Waals surface area contributed by atoms with Crippen molar-refractivity contribution in [2.45, 2.75) is 6.92 Å². The van der Waals surface area contributed by atoms with Crippen molar-refractivity contribution in [3.8, 4) is 11.9 Å². The van der Waals surface area contributed by atoms with Crippen molar-refractivity contribution in [2.75, 3.05) is 17.6 Å². The molecule has 0 amide bonds. The van der Waals surface area contributed by atoms with Crippen molar-refractivity contribution in [1.29, 1.82) is 0 Å². The lowest BCUT2D eigenvalue weighted by atomic mass is 10.5. The summed E-state index contributed by atoms with van der Waals surface area (Å²) in [5.41, 5.74) is 5.56. The molecule has 17 heavy (non-hydrogen) atoms. The van der Waals surface area contributed by atoms with E-state index in [1.54, 1.807) is 13.1 Å². The lowest BCUT2D eigenvalue weighted by Crippen LogP contribution is -2.04. The van der Waals surface area contributed by atoms with E-state index in [-0.39, 0.29) is 12.0 Å². The molecular formula is C9H13N7O. The molecule has 8 nitrogen and oxygen atoms in total. The molecule has 0 saturated heterocycles. The van der Waals surface area contributed by atoms with Gasteiger partial charge in [0, 0.05) is 19.7 Å². The van der Waals surface area contributed by atoms with Gasteiger partial charge in [-0.1, -0.05) is 0 Å². The van der Waals surface area contributed by atoms with Gasteiger partial charge in [0.15, 0.2) is 0 Å². The Labute approximate surface area is 97.9 Å². The third kappa shape index (κ3) is 2.80. The second-order valence-corrected chi connectivity index (χ2v) is 3.28. The molecule has 0 spiro atoms. The lowest BCUT2D eigenvalue weighted by molar-refractivity contribution is 0.422. The maximum atomic E-state index is 5.56. The van der Waals surface area contributed by atoms with E-state index in [1.165, 1.54) is 11.0 Å². The topological polar surface area (TPSA) is 104 Å². The van der Waals surface area contributed by atoms with Crippen LogP contribution in [0.4, 0.5) is 11.8 Å². The number of nitrogen functional groups attached to an aromatic ring is 1. The van der Waals surface area contributed by atoms with Gasteiger partial charge in [-0.3, -0.25) is 4.68 Å². The molecule has 2 heterocycles. The van der Waals surface area contributed by atoms with Crippen LogP contribution in [-0.2, 0) is 7.05 Å². The molecule has 0 atom stereocenters. The van der Waals surface area contributed by atoms with Gasteiger partial charge in [-0.25, -0.2) is 0 Å². The normalized spacial score (nSPS) is 10.2. The van der Waals surface area contributed by atoms with E-state index < -0.39 is 0 Å². The molecule has 0 aliphatic heterocycles. The van der Waals surface area contributed by atoms with Crippen LogP contribution in [0.2, 0.25) is 0 Å². The van der Waals surface area contributed by atoms with Crippen molar-refractivity contribution >= 4 is 11.8 Å². The Morgan fingerprint density at radius 1 is 1.47 bits per heavy atom. The molecule has 90 valence electrons. The van der Waals surface area contributed by atoms with Gasteiger partial charge in [-0.15, -0.1) is 5.10 Å². The number of nitrogens with one attached hydrogen (secondary N) is 1. The minimum absolute atomic E-state index is 0.134. The number of ether oxygens (including phenoxy) is 1. The van der Waals surface area contributed by atoms with Gasteiger partial charge in [-0.2, -0.15) is 15.0 Å². The third-order valence-corrected chi connectivity index (χ3v) is 1.85. The molecule has 0 aliphatic rings. The average molecular weight is 235 g/mol. The zero-order chi connectivity index (χ0) is 12.3. The van der Waals surface area contributed by atoms with Gasteiger partial charge in [0.1, 0.15) is 12.1 Å². The maximum absolute atomic E-state index is 5.56. The van der Waals surface area contributed by atoms with Gasteiger partial charge in [0.05, 0.1) is 0 Å². The molecule has 0 radical (unpaired) electrons. The first-order chi connectivity index (χ1) is 8.17. The first-order valence-corrected chi connectivity index (χ1v) is 5.09. The summed E-state index contributed by atoms with van der Waals surface area (Å²) in [7, 11) is 1.75. The monoisotopic (exact) mass is 235 g/mol. The van der Waals surface area contributed by atoms with Crippen LogP contribution < -0.4 is 15.8 Å². The average Bonchev–Trinajstić information content (AvgIpc) is 2.63. The predicted octanol–water partition coefficient (Wildman–Crippen LogP) is 0.411. The molecule has 0 aromatic carbocycles. The number of anilines is 2. The van der Waals surface area contributed by atoms with E-state index in [2.05, 4.69) is 25.4 Å². The molecule has 2 aromatic heterocycles. The van der Waals surface area contributed by atoms with Gasteiger partial charge in [0.25, 0.3) is 0 Å². The van der Waals surface area contributed by atoms with Crippen LogP contribution in [0.5, 0.6) is 11.9 Å². The molecule has 0 unspecified atom stereocenters. The number of hydrogen-bond donors (Lipinski definition) is 2. The van der Waals surface area contributed by atoms with Crippen molar-refractivity contribution in [3.05, 3.63) is 12.4 Å². The summed E-state index contributed by atoms with van der Waals surface area (Å²) in [6.07, 6.45) is 1.53. The highest BCUT2D eigenvalue weighted by atomic mass is 16.5. The summed E-state index contributed by atoms with van der Waals surface area (Å²) in [6, 6.07) is 1.85. The number of rotatable bonds is 4. The molecule has 0 fully saturated rings. The molecule has 8 heteroatoms. The smallest absolute Gasteiger partial charge is 0.342 e. The zero-order valence-electron chi connectivity index (χ0n) is 9.58. The van der Waals surface area contributed by atoms with Crippen molar-refractivity contribution in [3.63, 3.8) is 0 Å². The summed E-state index contributed by atoms with van der Waals surface area (Å²) in [6.45, 7) is 2.69. The van der Waals surface area contributed by atoms with Crippen molar-refractivity contribution < 1.29 is 4.74 Å². The standard InChI is InChI=1S/C9H13N7O/c1-3-11-6-4-7(14-8(10)13-6)17-9-12-5-16(2)15-9/h4-5H,3H2,1-2H3,(H3,10,11,13,14). The van der Waals surface area contributed by atoms with Crippen LogP contribution in [0.1, 0.15) is 6.92 Å². The van der Waals surface area contributed by atoms with Gasteiger partial charge < -0.3 is 15.8 Å². The number of aryl methyl sites for hydroxylation is 1. The summed E-state index contributed by atoms with van der Waals surface area (Å²) in [5.74, 6) is 1.04. The first-order valence-electron chi connectivity index (χ1n) is 5.09. The van der Waals surface area contributed by atoms with Crippen LogP contribution in [0, 0.1) is 0 Å². The van der Waals surface area contributed by atoms with Crippen LogP contribution >= 0.6 is 0 Å². The Bertz CT molecular complexity index is 510. The molecule has 2 aromatic rings. The molecule has 0 saturated carbocycles. The Kier molecular flexibility index (Phi) is 3.03. The Morgan fingerprint density at radius 2 is 2.29 bits per heavy atom. The van der Waals surface area contributed by atoms with Crippen molar-refractivity contribution in [2.24, 2.45) is 7.05 Å². The third-order valence-electron chi connectivity index (χ3n) is 1.85. The fourth-order valence-electron chi connectivity index (χ4n) is 1.23. The highest BCUT2D eigenvalue weighted by Gasteiger charge is 2.06. The highest BCUT2D eigenvalue weighted by Crippen LogP contribution is 2.18.